The molecule has 0 saturated heterocycles. The molecule has 0 aliphatic heterocycles. The van der Waals surface area contributed by atoms with E-state index >= 15 is 0 Å². The molecule has 0 unspecified atom stereocenters. The zero-order valence-electron chi connectivity index (χ0n) is 7.56. The standard InChI is InChI=1S/C7H11N5S/c1-4(2)6-9-10-7-12(6)11-5(3-8)13-7/h4H,3,8H2,1-2H3. The third kappa shape index (κ3) is 1.31. The number of nitrogens with two attached hydrogens (primary N) is 1. The van der Waals surface area contributed by atoms with Crippen LogP contribution in [0.25, 0.3) is 4.96 Å². The number of rotatable bonds is 2. The van der Waals surface area contributed by atoms with E-state index in [2.05, 4.69) is 29.1 Å². The third-order valence-electron chi connectivity index (χ3n) is 1.75. The van der Waals surface area contributed by atoms with Gasteiger partial charge in [0.25, 0.3) is 0 Å². The minimum absolute atomic E-state index is 0.336. The van der Waals surface area contributed by atoms with E-state index in [0.717, 1.165) is 15.8 Å². The van der Waals surface area contributed by atoms with E-state index in [0.29, 0.717) is 12.5 Å². The van der Waals surface area contributed by atoms with Crippen LogP contribution < -0.4 is 5.73 Å². The molecule has 0 aliphatic rings. The molecular formula is C7H11N5S. The van der Waals surface area contributed by atoms with Crippen molar-refractivity contribution < 1.29 is 0 Å². The van der Waals surface area contributed by atoms with Gasteiger partial charge in [0.15, 0.2) is 5.82 Å². The summed E-state index contributed by atoms with van der Waals surface area (Å²) in [4.78, 5) is 0.823. The van der Waals surface area contributed by atoms with Gasteiger partial charge >= 0.3 is 0 Å². The Bertz CT molecular complexity index is 415. The van der Waals surface area contributed by atoms with Crippen LogP contribution in [0.15, 0.2) is 0 Å². The summed E-state index contributed by atoms with van der Waals surface area (Å²) in [6.07, 6.45) is 0. The first kappa shape index (κ1) is 8.58. The quantitative estimate of drug-likeness (QED) is 0.772. The lowest BCUT2D eigenvalue weighted by molar-refractivity contribution is 0.717. The molecule has 13 heavy (non-hydrogen) atoms. The highest BCUT2D eigenvalue weighted by molar-refractivity contribution is 7.16. The number of aromatic nitrogens is 4. The molecule has 0 aromatic carbocycles. The molecule has 0 aliphatic carbocycles. The van der Waals surface area contributed by atoms with E-state index in [-0.39, 0.29) is 0 Å². The summed E-state index contributed by atoms with van der Waals surface area (Å²) in [7, 11) is 0. The van der Waals surface area contributed by atoms with Crippen molar-refractivity contribution in [3.05, 3.63) is 10.8 Å². The summed E-state index contributed by atoms with van der Waals surface area (Å²) >= 11 is 1.49. The van der Waals surface area contributed by atoms with Crippen molar-refractivity contribution in [1.29, 1.82) is 0 Å². The van der Waals surface area contributed by atoms with Gasteiger partial charge in [0.1, 0.15) is 5.01 Å². The molecule has 0 fully saturated rings. The number of hydrogen-bond acceptors (Lipinski definition) is 5. The summed E-state index contributed by atoms with van der Waals surface area (Å²) in [6.45, 7) is 4.60. The van der Waals surface area contributed by atoms with Crippen LogP contribution in [0.2, 0.25) is 0 Å². The monoisotopic (exact) mass is 197 g/mol. The predicted molar refractivity (Wildman–Crippen MR) is 50.6 cm³/mol. The Morgan fingerprint density at radius 1 is 1.46 bits per heavy atom. The van der Waals surface area contributed by atoms with E-state index in [4.69, 9.17) is 5.73 Å². The average Bonchev–Trinajstić information content (AvgIpc) is 2.59. The van der Waals surface area contributed by atoms with Crippen molar-refractivity contribution in [2.45, 2.75) is 26.3 Å². The summed E-state index contributed by atoms with van der Waals surface area (Å²) in [6, 6.07) is 0. The molecule has 2 heterocycles. The van der Waals surface area contributed by atoms with Crippen LogP contribution in [-0.4, -0.2) is 19.8 Å². The molecule has 2 rings (SSSR count). The molecule has 0 saturated carbocycles. The number of hydrogen-bond donors (Lipinski definition) is 1. The molecule has 2 N–H and O–H groups in total. The molecule has 0 radical (unpaired) electrons. The summed E-state index contributed by atoms with van der Waals surface area (Å²) < 4.78 is 1.78. The van der Waals surface area contributed by atoms with Gasteiger partial charge in [-0.2, -0.15) is 9.61 Å². The van der Waals surface area contributed by atoms with Crippen LogP contribution >= 0.6 is 11.3 Å². The second kappa shape index (κ2) is 3.04. The zero-order valence-corrected chi connectivity index (χ0v) is 8.38. The van der Waals surface area contributed by atoms with Crippen LogP contribution in [0.3, 0.4) is 0 Å². The topological polar surface area (TPSA) is 69.1 Å². The van der Waals surface area contributed by atoms with E-state index in [9.17, 15) is 0 Å². The van der Waals surface area contributed by atoms with Crippen molar-refractivity contribution >= 4 is 16.3 Å². The smallest absolute Gasteiger partial charge is 0.234 e. The molecule has 5 nitrogen and oxygen atoms in total. The highest BCUT2D eigenvalue weighted by atomic mass is 32.1. The first-order valence-electron chi connectivity index (χ1n) is 4.13. The Labute approximate surface area is 79.6 Å². The molecule has 0 spiro atoms. The van der Waals surface area contributed by atoms with Crippen molar-refractivity contribution in [1.82, 2.24) is 19.8 Å². The summed E-state index contributed by atoms with van der Waals surface area (Å²) in [5.74, 6) is 1.23. The van der Waals surface area contributed by atoms with Gasteiger partial charge in [-0.25, -0.2) is 0 Å². The van der Waals surface area contributed by atoms with Gasteiger partial charge in [-0.05, 0) is 0 Å². The van der Waals surface area contributed by atoms with Crippen LogP contribution in [0, 0.1) is 0 Å². The molecular weight excluding hydrogens is 186 g/mol. The van der Waals surface area contributed by atoms with Crippen molar-refractivity contribution in [3.63, 3.8) is 0 Å². The maximum Gasteiger partial charge on any atom is 0.234 e. The van der Waals surface area contributed by atoms with Crippen LogP contribution in [0.5, 0.6) is 0 Å². The lowest BCUT2D eigenvalue weighted by Crippen LogP contribution is -2.01. The first-order valence-corrected chi connectivity index (χ1v) is 4.95. The maximum absolute atomic E-state index is 5.49. The van der Waals surface area contributed by atoms with Crippen molar-refractivity contribution in [2.24, 2.45) is 5.73 Å². The Kier molecular flexibility index (Phi) is 2.01. The van der Waals surface area contributed by atoms with Crippen LogP contribution in [0.1, 0.15) is 30.6 Å². The van der Waals surface area contributed by atoms with E-state index in [1.807, 2.05) is 0 Å². The molecule has 0 atom stereocenters. The zero-order chi connectivity index (χ0) is 9.42. The third-order valence-corrected chi connectivity index (χ3v) is 2.67. The summed E-state index contributed by atoms with van der Waals surface area (Å²) in [5.41, 5.74) is 5.49. The molecule has 6 heteroatoms. The number of nitrogens with zero attached hydrogens (tertiary/aromatic N) is 4. The van der Waals surface area contributed by atoms with Gasteiger partial charge in [0.2, 0.25) is 4.96 Å². The lowest BCUT2D eigenvalue weighted by Gasteiger charge is -1.97. The Morgan fingerprint density at radius 3 is 2.85 bits per heavy atom. The molecule has 2 aromatic heterocycles. The lowest BCUT2D eigenvalue weighted by atomic mass is 10.2. The second-order valence-corrected chi connectivity index (χ2v) is 4.15. The van der Waals surface area contributed by atoms with Crippen LogP contribution in [0.4, 0.5) is 0 Å². The van der Waals surface area contributed by atoms with Crippen molar-refractivity contribution in [2.75, 3.05) is 0 Å². The molecule has 2 aromatic rings. The Morgan fingerprint density at radius 2 is 2.23 bits per heavy atom. The highest BCUT2D eigenvalue weighted by Gasteiger charge is 2.12. The minimum atomic E-state index is 0.336. The fraction of sp³-hybridized carbons (Fsp3) is 0.571. The van der Waals surface area contributed by atoms with Gasteiger partial charge in [0.05, 0.1) is 0 Å². The highest BCUT2D eigenvalue weighted by Crippen LogP contribution is 2.17. The van der Waals surface area contributed by atoms with E-state index in [1.54, 1.807) is 4.52 Å². The number of fused-ring (bicyclic) bond motifs is 1. The van der Waals surface area contributed by atoms with Gasteiger partial charge in [0, 0.05) is 12.5 Å². The SMILES string of the molecule is CC(C)c1nnc2sc(CN)nn12. The predicted octanol–water partition coefficient (Wildman–Crippen LogP) is 0.768. The fourth-order valence-electron chi connectivity index (χ4n) is 1.11. The Balaban J connectivity index is 2.58. The summed E-state index contributed by atoms with van der Waals surface area (Å²) in [5, 5.41) is 13.3. The fourth-order valence-corrected chi connectivity index (χ4v) is 1.83. The van der Waals surface area contributed by atoms with Gasteiger partial charge in [-0.3, -0.25) is 0 Å². The average molecular weight is 197 g/mol. The minimum Gasteiger partial charge on any atom is -0.324 e. The van der Waals surface area contributed by atoms with E-state index < -0.39 is 0 Å². The Hall–Kier alpha value is -1.01. The molecule has 70 valence electrons. The first-order chi connectivity index (χ1) is 6.22. The second-order valence-electron chi connectivity index (χ2n) is 3.11. The van der Waals surface area contributed by atoms with Gasteiger partial charge < -0.3 is 5.73 Å². The van der Waals surface area contributed by atoms with Crippen molar-refractivity contribution in [3.8, 4) is 0 Å². The molecule has 0 bridgehead atoms. The van der Waals surface area contributed by atoms with Gasteiger partial charge in [-0.15, -0.1) is 10.2 Å². The van der Waals surface area contributed by atoms with E-state index in [1.165, 1.54) is 11.3 Å². The maximum atomic E-state index is 5.49. The van der Waals surface area contributed by atoms with Gasteiger partial charge in [-0.1, -0.05) is 25.2 Å². The largest absolute Gasteiger partial charge is 0.324 e. The van der Waals surface area contributed by atoms with Crippen LogP contribution in [-0.2, 0) is 6.54 Å². The molecule has 0 amide bonds. The normalized spacial score (nSPS) is 11.7.